The molecule has 0 unspecified atom stereocenters. The van der Waals surface area contributed by atoms with Crippen LogP contribution in [0.5, 0.6) is 5.75 Å². The molecule has 0 atom stereocenters. The van der Waals surface area contributed by atoms with Gasteiger partial charge in [-0.05, 0) is 31.5 Å². The first-order valence-corrected chi connectivity index (χ1v) is 9.03. The predicted molar refractivity (Wildman–Crippen MR) is 106 cm³/mol. The zero-order chi connectivity index (χ0) is 17.6. The second-order valence-corrected chi connectivity index (χ2v) is 6.76. The molecule has 0 spiro atoms. The van der Waals surface area contributed by atoms with Crippen molar-refractivity contribution in [3.8, 4) is 5.75 Å². The van der Waals surface area contributed by atoms with Crippen molar-refractivity contribution < 1.29 is 4.74 Å². The summed E-state index contributed by atoms with van der Waals surface area (Å²) in [6.07, 6.45) is 1.79. The van der Waals surface area contributed by atoms with E-state index in [9.17, 15) is 0 Å². The number of aryl methyl sites for hydroxylation is 2. The SMILES string of the molecule is C=CCOc1ccccc1CN1CCN(c2ccc(C)cc2C)CC1. The highest BCUT2D eigenvalue weighted by molar-refractivity contribution is 5.54. The standard InChI is InChI=1S/C22H28N2O/c1-4-15-25-22-8-6-5-7-20(22)17-23-11-13-24(14-12-23)21-10-9-18(2)16-19(21)3/h4-10,16H,1,11-15,17H2,2-3H3. The third-order valence-corrected chi connectivity index (χ3v) is 4.79. The Kier molecular flexibility index (Phi) is 5.77. The van der Waals surface area contributed by atoms with E-state index in [0.717, 1.165) is 38.5 Å². The summed E-state index contributed by atoms with van der Waals surface area (Å²) in [4.78, 5) is 5.02. The largest absolute Gasteiger partial charge is 0.489 e. The third kappa shape index (κ3) is 4.43. The van der Waals surface area contributed by atoms with Crippen LogP contribution in [0, 0.1) is 13.8 Å². The van der Waals surface area contributed by atoms with E-state index in [-0.39, 0.29) is 0 Å². The number of hydrogen-bond donors (Lipinski definition) is 0. The molecule has 0 aromatic heterocycles. The lowest BCUT2D eigenvalue weighted by atomic mass is 10.1. The molecule has 2 aromatic carbocycles. The lowest BCUT2D eigenvalue weighted by molar-refractivity contribution is 0.244. The predicted octanol–water partition coefficient (Wildman–Crippen LogP) is 4.19. The number of hydrogen-bond acceptors (Lipinski definition) is 3. The van der Waals surface area contributed by atoms with Gasteiger partial charge in [0.15, 0.2) is 0 Å². The lowest BCUT2D eigenvalue weighted by Gasteiger charge is -2.37. The van der Waals surface area contributed by atoms with Gasteiger partial charge in [0.1, 0.15) is 12.4 Å². The maximum Gasteiger partial charge on any atom is 0.124 e. The van der Waals surface area contributed by atoms with Crippen molar-refractivity contribution >= 4 is 5.69 Å². The third-order valence-electron chi connectivity index (χ3n) is 4.79. The number of ether oxygens (including phenoxy) is 1. The average Bonchev–Trinajstić information content (AvgIpc) is 2.62. The molecule has 1 fully saturated rings. The van der Waals surface area contributed by atoms with Crippen LogP contribution in [0.3, 0.4) is 0 Å². The van der Waals surface area contributed by atoms with Crippen molar-refractivity contribution in [1.82, 2.24) is 4.90 Å². The van der Waals surface area contributed by atoms with Crippen molar-refractivity contribution in [2.45, 2.75) is 20.4 Å². The lowest BCUT2D eigenvalue weighted by Crippen LogP contribution is -2.46. The molecule has 0 saturated carbocycles. The highest BCUT2D eigenvalue weighted by Gasteiger charge is 2.19. The maximum atomic E-state index is 5.79. The van der Waals surface area contributed by atoms with Crippen molar-refractivity contribution in [2.75, 3.05) is 37.7 Å². The number of nitrogens with zero attached hydrogens (tertiary/aromatic N) is 2. The monoisotopic (exact) mass is 336 g/mol. The Morgan fingerprint density at radius 3 is 2.52 bits per heavy atom. The van der Waals surface area contributed by atoms with Gasteiger partial charge in [0, 0.05) is 44.0 Å². The van der Waals surface area contributed by atoms with E-state index in [1.807, 2.05) is 12.1 Å². The second-order valence-electron chi connectivity index (χ2n) is 6.76. The summed E-state index contributed by atoms with van der Waals surface area (Å²) in [5, 5.41) is 0. The fraction of sp³-hybridized carbons (Fsp3) is 0.364. The number of para-hydroxylation sites is 1. The van der Waals surface area contributed by atoms with Gasteiger partial charge in [0.25, 0.3) is 0 Å². The number of rotatable bonds is 6. The molecule has 1 saturated heterocycles. The van der Waals surface area contributed by atoms with Gasteiger partial charge in [0.2, 0.25) is 0 Å². The molecule has 1 aliphatic rings. The van der Waals surface area contributed by atoms with Crippen LogP contribution in [0.4, 0.5) is 5.69 Å². The van der Waals surface area contributed by atoms with E-state index in [0.29, 0.717) is 6.61 Å². The van der Waals surface area contributed by atoms with Crippen LogP contribution < -0.4 is 9.64 Å². The fourth-order valence-corrected chi connectivity index (χ4v) is 3.47. The molecule has 1 heterocycles. The quantitative estimate of drug-likeness (QED) is 0.736. The van der Waals surface area contributed by atoms with Crippen LogP contribution in [0.2, 0.25) is 0 Å². The van der Waals surface area contributed by atoms with Crippen LogP contribution in [0.15, 0.2) is 55.1 Å². The van der Waals surface area contributed by atoms with Crippen LogP contribution in [0.25, 0.3) is 0 Å². The Hall–Kier alpha value is -2.26. The first-order valence-electron chi connectivity index (χ1n) is 9.03. The average molecular weight is 336 g/mol. The first kappa shape index (κ1) is 17.6. The normalized spacial score (nSPS) is 15.2. The van der Waals surface area contributed by atoms with E-state index < -0.39 is 0 Å². The molecule has 1 aliphatic heterocycles. The minimum Gasteiger partial charge on any atom is -0.489 e. The molecule has 3 nitrogen and oxygen atoms in total. The molecule has 0 radical (unpaired) electrons. The second kappa shape index (κ2) is 8.21. The first-order chi connectivity index (χ1) is 12.2. The maximum absolute atomic E-state index is 5.79. The summed E-state index contributed by atoms with van der Waals surface area (Å²) in [6, 6.07) is 15.1. The Bertz CT molecular complexity index is 718. The van der Waals surface area contributed by atoms with Gasteiger partial charge >= 0.3 is 0 Å². The van der Waals surface area contributed by atoms with Crippen LogP contribution >= 0.6 is 0 Å². The zero-order valence-corrected chi connectivity index (χ0v) is 15.4. The zero-order valence-electron chi connectivity index (χ0n) is 15.4. The molecule has 132 valence electrons. The Morgan fingerprint density at radius 1 is 1.04 bits per heavy atom. The molecule has 2 aromatic rings. The van der Waals surface area contributed by atoms with Gasteiger partial charge in [0.05, 0.1) is 0 Å². The fourth-order valence-electron chi connectivity index (χ4n) is 3.47. The van der Waals surface area contributed by atoms with Gasteiger partial charge in [-0.15, -0.1) is 0 Å². The van der Waals surface area contributed by atoms with Gasteiger partial charge in [-0.25, -0.2) is 0 Å². The van der Waals surface area contributed by atoms with Crippen molar-refractivity contribution in [3.05, 3.63) is 71.8 Å². The Labute approximate surface area is 151 Å². The van der Waals surface area contributed by atoms with E-state index in [4.69, 9.17) is 4.74 Å². The molecule has 0 aliphatic carbocycles. The summed E-state index contributed by atoms with van der Waals surface area (Å²) in [6.45, 7) is 13.9. The van der Waals surface area contributed by atoms with Gasteiger partial charge < -0.3 is 9.64 Å². The van der Waals surface area contributed by atoms with Crippen LogP contribution in [0.1, 0.15) is 16.7 Å². The van der Waals surface area contributed by atoms with Crippen molar-refractivity contribution in [1.29, 1.82) is 0 Å². The molecule has 3 heteroatoms. The minimum absolute atomic E-state index is 0.553. The Morgan fingerprint density at radius 2 is 1.80 bits per heavy atom. The van der Waals surface area contributed by atoms with E-state index in [1.165, 1.54) is 22.4 Å². The summed E-state index contributed by atoms with van der Waals surface area (Å²) in [5.41, 5.74) is 5.33. The molecule has 0 N–H and O–H groups in total. The number of piperazine rings is 1. The summed E-state index contributed by atoms with van der Waals surface area (Å²) in [7, 11) is 0. The molecule has 0 amide bonds. The van der Waals surface area contributed by atoms with Gasteiger partial charge in [-0.3, -0.25) is 4.90 Å². The topological polar surface area (TPSA) is 15.7 Å². The smallest absolute Gasteiger partial charge is 0.124 e. The van der Waals surface area contributed by atoms with Crippen LogP contribution in [-0.4, -0.2) is 37.7 Å². The van der Waals surface area contributed by atoms with E-state index in [2.05, 4.69) is 60.6 Å². The van der Waals surface area contributed by atoms with Crippen molar-refractivity contribution in [2.24, 2.45) is 0 Å². The highest BCUT2D eigenvalue weighted by atomic mass is 16.5. The number of anilines is 1. The van der Waals surface area contributed by atoms with Gasteiger partial charge in [-0.2, -0.15) is 0 Å². The summed E-state index contributed by atoms with van der Waals surface area (Å²) in [5.74, 6) is 0.971. The molecular formula is C22H28N2O. The molecule has 25 heavy (non-hydrogen) atoms. The van der Waals surface area contributed by atoms with Crippen LogP contribution in [-0.2, 0) is 6.54 Å². The van der Waals surface area contributed by atoms with Gasteiger partial charge in [-0.1, -0.05) is 48.6 Å². The molecular weight excluding hydrogens is 308 g/mol. The molecule has 3 rings (SSSR count). The molecule has 0 bridgehead atoms. The summed E-state index contributed by atoms with van der Waals surface area (Å²) < 4.78 is 5.79. The van der Waals surface area contributed by atoms with E-state index in [1.54, 1.807) is 6.08 Å². The Balaban J connectivity index is 1.60. The summed E-state index contributed by atoms with van der Waals surface area (Å²) >= 11 is 0. The van der Waals surface area contributed by atoms with E-state index >= 15 is 0 Å². The highest BCUT2D eigenvalue weighted by Crippen LogP contribution is 2.24. The van der Waals surface area contributed by atoms with Crippen molar-refractivity contribution in [3.63, 3.8) is 0 Å². The minimum atomic E-state index is 0.553. The number of benzene rings is 2.